The monoisotopic (exact) mass is 439 g/mol. The number of benzene rings is 2. The molecule has 2 heterocycles. The summed E-state index contributed by atoms with van der Waals surface area (Å²) in [5, 5.41) is 10.6. The third kappa shape index (κ3) is 4.80. The van der Waals surface area contributed by atoms with Gasteiger partial charge in [-0.05, 0) is 31.5 Å². The minimum atomic E-state index is -0.853. The first kappa shape index (κ1) is 21.2. The van der Waals surface area contributed by atoms with Gasteiger partial charge in [0.05, 0.1) is 12.1 Å². The molecule has 0 saturated heterocycles. The molecule has 8 nitrogen and oxygen atoms in total. The molecule has 1 N–H and O–H groups in total. The van der Waals surface area contributed by atoms with Crippen molar-refractivity contribution in [2.75, 3.05) is 5.32 Å². The predicted molar refractivity (Wildman–Crippen MR) is 110 cm³/mol. The van der Waals surface area contributed by atoms with Crippen LogP contribution < -0.4 is 10.1 Å². The molecule has 0 fully saturated rings. The lowest BCUT2D eigenvalue weighted by atomic mass is 10.1. The summed E-state index contributed by atoms with van der Waals surface area (Å²) in [7, 11) is 0. The molecule has 164 valence electrons. The van der Waals surface area contributed by atoms with Crippen molar-refractivity contribution in [3.8, 4) is 5.75 Å². The Labute approximate surface area is 181 Å². The van der Waals surface area contributed by atoms with Crippen LogP contribution in [-0.2, 0) is 13.2 Å². The molecule has 32 heavy (non-hydrogen) atoms. The molecule has 0 aliphatic rings. The molecule has 0 aliphatic carbocycles. The van der Waals surface area contributed by atoms with Crippen molar-refractivity contribution in [2.24, 2.45) is 0 Å². The van der Waals surface area contributed by atoms with Crippen LogP contribution in [0.2, 0.25) is 0 Å². The van der Waals surface area contributed by atoms with Crippen LogP contribution in [0.3, 0.4) is 0 Å². The fourth-order valence-corrected chi connectivity index (χ4v) is 3.07. The average Bonchev–Trinajstić information content (AvgIpc) is 3.33. The molecule has 0 atom stereocenters. The molecule has 4 rings (SSSR count). The van der Waals surface area contributed by atoms with Crippen molar-refractivity contribution in [2.45, 2.75) is 27.0 Å². The minimum Gasteiger partial charge on any atom is -0.486 e. The Morgan fingerprint density at radius 2 is 2.03 bits per heavy atom. The van der Waals surface area contributed by atoms with Gasteiger partial charge in [0.25, 0.3) is 5.91 Å². The number of amides is 1. The van der Waals surface area contributed by atoms with Gasteiger partial charge in [-0.3, -0.25) is 10.1 Å². The maximum atomic E-state index is 13.8. The molecule has 2 aromatic carbocycles. The van der Waals surface area contributed by atoms with Crippen LogP contribution in [0, 0.1) is 25.5 Å². The van der Waals surface area contributed by atoms with Gasteiger partial charge in [-0.1, -0.05) is 35.0 Å². The summed E-state index contributed by atoms with van der Waals surface area (Å²) < 4.78 is 38.9. The number of halogens is 2. The van der Waals surface area contributed by atoms with E-state index < -0.39 is 17.5 Å². The Morgan fingerprint density at radius 3 is 2.81 bits per heavy atom. The molecule has 0 aliphatic heterocycles. The zero-order valence-corrected chi connectivity index (χ0v) is 17.3. The van der Waals surface area contributed by atoms with Crippen molar-refractivity contribution in [1.82, 2.24) is 19.9 Å². The van der Waals surface area contributed by atoms with Crippen LogP contribution in [0.4, 0.5) is 14.7 Å². The lowest BCUT2D eigenvalue weighted by Crippen LogP contribution is -2.16. The molecule has 2 aromatic heterocycles. The lowest BCUT2D eigenvalue weighted by molar-refractivity contribution is 0.101. The van der Waals surface area contributed by atoms with E-state index in [9.17, 15) is 13.6 Å². The van der Waals surface area contributed by atoms with Crippen molar-refractivity contribution in [1.29, 1.82) is 0 Å². The van der Waals surface area contributed by atoms with E-state index >= 15 is 0 Å². The number of anilines is 1. The second-order valence-electron chi connectivity index (χ2n) is 7.14. The van der Waals surface area contributed by atoms with Crippen LogP contribution in [-0.4, -0.2) is 25.8 Å². The molecule has 0 radical (unpaired) electrons. The van der Waals surface area contributed by atoms with Gasteiger partial charge in [-0.2, -0.15) is 0 Å². The number of aryl methyl sites for hydroxylation is 2. The summed E-state index contributed by atoms with van der Waals surface area (Å²) in [5.74, 6) is -1.91. The number of hydrogen-bond acceptors (Lipinski definition) is 6. The van der Waals surface area contributed by atoms with Crippen molar-refractivity contribution < 1.29 is 22.8 Å². The Balaban J connectivity index is 1.43. The molecule has 0 bridgehead atoms. The smallest absolute Gasteiger partial charge is 0.280 e. The van der Waals surface area contributed by atoms with Crippen molar-refractivity contribution >= 4 is 11.9 Å². The van der Waals surface area contributed by atoms with E-state index in [1.54, 1.807) is 11.6 Å². The molecular weight excluding hydrogens is 420 g/mol. The Kier molecular flexibility index (Phi) is 5.93. The van der Waals surface area contributed by atoms with E-state index in [4.69, 9.17) is 9.26 Å². The summed E-state index contributed by atoms with van der Waals surface area (Å²) in [6.07, 6.45) is 1.51. The van der Waals surface area contributed by atoms with Crippen LogP contribution in [0.1, 0.15) is 32.9 Å². The normalized spacial score (nSPS) is 10.9. The van der Waals surface area contributed by atoms with Gasteiger partial charge in [0, 0.05) is 6.07 Å². The highest BCUT2D eigenvalue weighted by Gasteiger charge is 2.22. The van der Waals surface area contributed by atoms with Gasteiger partial charge in [0.1, 0.15) is 24.5 Å². The molecule has 1 amide bonds. The summed E-state index contributed by atoms with van der Waals surface area (Å²) >= 11 is 0. The standard InChI is InChI=1S/C22H19F2N5O3/c1-13-4-3-5-15(8-13)10-29-12-25-22(27-29)26-21(30)20-17(14(2)32-28-20)11-31-19-7-6-16(23)9-18(19)24/h3-9,12H,10-11H2,1-2H3,(H,26,27,30). The Bertz CT molecular complexity index is 1270. The first-order valence-electron chi connectivity index (χ1n) is 9.68. The highest BCUT2D eigenvalue weighted by molar-refractivity contribution is 6.02. The summed E-state index contributed by atoms with van der Waals surface area (Å²) in [4.78, 5) is 16.8. The molecule has 0 saturated carbocycles. The van der Waals surface area contributed by atoms with Crippen molar-refractivity contribution in [3.63, 3.8) is 0 Å². The van der Waals surface area contributed by atoms with Crippen LogP contribution in [0.15, 0.2) is 53.3 Å². The third-order valence-electron chi connectivity index (χ3n) is 4.65. The average molecular weight is 439 g/mol. The lowest BCUT2D eigenvalue weighted by Gasteiger charge is -2.07. The van der Waals surface area contributed by atoms with E-state index in [0.717, 1.165) is 23.3 Å². The first-order valence-corrected chi connectivity index (χ1v) is 9.68. The number of carbonyl (C=O) groups excluding carboxylic acids is 1. The zero-order valence-electron chi connectivity index (χ0n) is 17.3. The topological polar surface area (TPSA) is 95.1 Å². The SMILES string of the molecule is Cc1cccc(Cn2cnc(NC(=O)c3noc(C)c3COc3ccc(F)cc3F)n2)c1. The second kappa shape index (κ2) is 8.96. The maximum Gasteiger partial charge on any atom is 0.280 e. The third-order valence-corrected chi connectivity index (χ3v) is 4.65. The van der Waals surface area contributed by atoms with E-state index in [-0.39, 0.29) is 24.0 Å². The Hall–Kier alpha value is -4.08. The predicted octanol–water partition coefficient (Wildman–Crippen LogP) is 4.04. The fourth-order valence-electron chi connectivity index (χ4n) is 3.07. The van der Waals surface area contributed by atoms with E-state index in [1.807, 2.05) is 31.2 Å². The number of nitrogens with zero attached hydrogens (tertiary/aromatic N) is 4. The van der Waals surface area contributed by atoms with E-state index in [2.05, 4.69) is 20.6 Å². The highest BCUT2D eigenvalue weighted by Crippen LogP contribution is 2.22. The van der Waals surface area contributed by atoms with E-state index in [0.29, 0.717) is 23.9 Å². The molecule has 0 unspecified atom stereocenters. The molecule has 0 spiro atoms. The molecule has 10 heteroatoms. The first-order chi connectivity index (χ1) is 15.4. The number of carbonyl (C=O) groups is 1. The van der Waals surface area contributed by atoms with Gasteiger partial charge in [-0.15, -0.1) is 5.10 Å². The highest BCUT2D eigenvalue weighted by atomic mass is 19.1. The fraction of sp³-hybridized carbons (Fsp3) is 0.182. The van der Waals surface area contributed by atoms with Gasteiger partial charge < -0.3 is 9.26 Å². The number of ether oxygens (including phenoxy) is 1. The number of hydrogen-bond donors (Lipinski definition) is 1. The Morgan fingerprint density at radius 1 is 1.19 bits per heavy atom. The number of nitrogens with one attached hydrogen (secondary N) is 1. The van der Waals surface area contributed by atoms with Gasteiger partial charge in [0.2, 0.25) is 5.95 Å². The van der Waals surface area contributed by atoms with Crippen LogP contribution in [0.25, 0.3) is 0 Å². The van der Waals surface area contributed by atoms with Gasteiger partial charge in [-0.25, -0.2) is 18.4 Å². The van der Waals surface area contributed by atoms with Crippen molar-refractivity contribution in [3.05, 3.63) is 88.6 Å². The quantitative estimate of drug-likeness (QED) is 0.467. The zero-order chi connectivity index (χ0) is 22.7. The summed E-state index contributed by atoms with van der Waals surface area (Å²) in [6, 6.07) is 10.9. The van der Waals surface area contributed by atoms with Gasteiger partial charge in [0.15, 0.2) is 17.3 Å². The summed E-state index contributed by atoms with van der Waals surface area (Å²) in [5.41, 5.74) is 2.46. The van der Waals surface area contributed by atoms with E-state index in [1.165, 1.54) is 6.33 Å². The number of aromatic nitrogens is 4. The summed E-state index contributed by atoms with van der Waals surface area (Å²) in [6.45, 7) is 3.90. The van der Waals surface area contributed by atoms with Gasteiger partial charge >= 0.3 is 0 Å². The largest absolute Gasteiger partial charge is 0.486 e. The van der Waals surface area contributed by atoms with Crippen LogP contribution >= 0.6 is 0 Å². The number of rotatable bonds is 7. The van der Waals surface area contributed by atoms with Crippen LogP contribution in [0.5, 0.6) is 5.75 Å². The molecule has 4 aromatic rings. The second-order valence-corrected chi connectivity index (χ2v) is 7.14. The maximum absolute atomic E-state index is 13.8. The molecular formula is C22H19F2N5O3. The minimum absolute atomic E-state index is 0.0416.